The van der Waals surface area contributed by atoms with Crippen LogP contribution in [0.5, 0.6) is 5.75 Å². The van der Waals surface area contributed by atoms with Gasteiger partial charge >= 0.3 is 23.1 Å². The van der Waals surface area contributed by atoms with E-state index in [-0.39, 0.29) is 58.2 Å². The largest absolute Gasteiger partial charge is 2.00 e. The molecule has 1 nitrogen and oxygen atoms in total. The van der Waals surface area contributed by atoms with Gasteiger partial charge in [-0.25, -0.2) is 4.39 Å². The summed E-state index contributed by atoms with van der Waals surface area (Å²) in [5.74, 6) is -0.662. The fourth-order valence-corrected chi connectivity index (χ4v) is 1.30. The zero-order valence-corrected chi connectivity index (χ0v) is 12.5. The zero-order valence-electron chi connectivity index (χ0n) is 9.50. The van der Waals surface area contributed by atoms with Gasteiger partial charge in [0.2, 0.25) is 0 Å². The van der Waals surface area contributed by atoms with E-state index in [1.165, 1.54) is 24.3 Å². The van der Waals surface area contributed by atoms with Crippen molar-refractivity contribution in [1.82, 2.24) is 0 Å². The summed E-state index contributed by atoms with van der Waals surface area (Å²) in [6.07, 6.45) is 0. The molecule has 0 bridgehead atoms. The van der Waals surface area contributed by atoms with E-state index in [1.807, 2.05) is 0 Å². The zero-order chi connectivity index (χ0) is 11.4. The molecule has 90 valence electrons. The molecule has 0 heterocycles. The number of rotatable bonds is 3. The molecule has 0 N–H and O–H groups in total. The topological polar surface area (TPSA) is 9.23 Å². The second kappa shape index (κ2) is 8.45. The minimum Gasteiger partial charge on any atom is -1.00 e. The first kappa shape index (κ1) is 17.3. The van der Waals surface area contributed by atoms with Crippen LogP contribution in [0.3, 0.4) is 0 Å². The van der Waals surface area contributed by atoms with E-state index in [1.54, 1.807) is 18.2 Å². The Bertz CT molecular complexity index is 494. The molecule has 0 aliphatic heterocycles. The van der Waals surface area contributed by atoms with Gasteiger partial charge in [-0.1, -0.05) is 12.1 Å². The van der Waals surface area contributed by atoms with Crippen LogP contribution in [0.15, 0.2) is 42.5 Å². The molecule has 0 atom stereocenters. The van der Waals surface area contributed by atoms with Crippen LogP contribution in [0, 0.1) is 17.7 Å². The summed E-state index contributed by atoms with van der Waals surface area (Å²) in [6.45, 7) is 0.138. The van der Waals surface area contributed by atoms with Crippen molar-refractivity contribution < 1.29 is 30.5 Å². The second-order valence-electron chi connectivity index (χ2n) is 3.28. The van der Waals surface area contributed by atoms with E-state index in [4.69, 9.17) is 4.74 Å². The Labute approximate surface area is 131 Å². The van der Waals surface area contributed by atoms with E-state index in [9.17, 15) is 8.78 Å². The van der Waals surface area contributed by atoms with Crippen molar-refractivity contribution in [1.29, 1.82) is 0 Å². The molecular weight excluding hydrogens is 314 g/mol. The van der Waals surface area contributed by atoms with Gasteiger partial charge in [-0.15, -0.1) is 12.1 Å². The van der Waals surface area contributed by atoms with Crippen molar-refractivity contribution >= 4 is 23.1 Å². The second-order valence-corrected chi connectivity index (χ2v) is 3.28. The molecule has 0 saturated carbocycles. The molecule has 0 saturated heterocycles. The van der Waals surface area contributed by atoms with Crippen LogP contribution in [0.4, 0.5) is 8.78 Å². The van der Waals surface area contributed by atoms with E-state index >= 15 is 0 Å². The Hall–Kier alpha value is -0.654. The van der Waals surface area contributed by atoms with Crippen molar-refractivity contribution in [3.8, 4) is 5.75 Å². The first-order valence-electron chi connectivity index (χ1n) is 4.78. The number of hydrogen-bond donors (Lipinski definition) is 0. The van der Waals surface area contributed by atoms with Crippen LogP contribution in [-0.4, -0.2) is 23.1 Å². The molecule has 0 radical (unpaired) electrons. The molecule has 2 aromatic rings. The summed E-state index contributed by atoms with van der Waals surface area (Å²) in [4.78, 5) is 0. The van der Waals surface area contributed by atoms with Gasteiger partial charge in [0.1, 0.15) is 12.4 Å². The molecule has 0 aliphatic rings. The fraction of sp³-hybridized carbons (Fsp3) is 0.0769. The van der Waals surface area contributed by atoms with Gasteiger partial charge in [0.05, 0.1) is 0 Å². The Morgan fingerprint density at radius 2 is 1.94 bits per heavy atom. The summed E-state index contributed by atoms with van der Waals surface area (Å²) in [7, 11) is 0. The van der Waals surface area contributed by atoms with Crippen LogP contribution >= 0.6 is 0 Å². The van der Waals surface area contributed by atoms with Gasteiger partial charge < -0.3 is 21.7 Å². The first-order valence-corrected chi connectivity index (χ1v) is 4.78. The minimum atomic E-state index is -0.473. The van der Waals surface area contributed by atoms with Crippen LogP contribution < -0.4 is 21.7 Å². The van der Waals surface area contributed by atoms with Crippen LogP contribution in [0.25, 0.3) is 0 Å². The molecule has 0 amide bonds. The number of benzene rings is 2. The third-order valence-electron chi connectivity index (χ3n) is 2.06. The van der Waals surface area contributed by atoms with Gasteiger partial charge in [0.15, 0.2) is 0 Å². The first-order chi connectivity index (χ1) is 7.75. The number of halogens is 3. The maximum absolute atomic E-state index is 13.1. The molecular formula is C13H9BrF2MgO. The molecule has 2 aromatic carbocycles. The summed E-state index contributed by atoms with van der Waals surface area (Å²) in [6, 6.07) is 12.8. The van der Waals surface area contributed by atoms with E-state index in [0.717, 1.165) is 0 Å². The van der Waals surface area contributed by atoms with Gasteiger partial charge in [-0.05, 0) is 17.7 Å². The molecule has 0 aliphatic carbocycles. The molecule has 0 spiro atoms. The predicted octanol–water partition coefficient (Wildman–Crippen LogP) is -0.0328. The smallest absolute Gasteiger partial charge is 1.00 e. The predicted molar refractivity (Wildman–Crippen MR) is 61.7 cm³/mol. The third kappa shape index (κ3) is 4.92. The van der Waals surface area contributed by atoms with Crippen LogP contribution in [0.1, 0.15) is 5.56 Å². The summed E-state index contributed by atoms with van der Waals surface area (Å²) < 4.78 is 31.2. The Morgan fingerprint density at radius 1 is 1.17 bits per heavy atom. The van der Waals surface area contributed by atoms with E-state index < -0.39 is 5.82 Å². The van der Waals surface area contributed by atoms with Crippen molar-refractivity contribution in [3.63, 3.8) is 0 Å². The Kier molecular flexibility index (Phi) is 8.14. The molecule has 0 aromatic heterocycles. The van der Waals surface area contributed by atoms with Gasteiger partial charge in [0.25, 0.3) is 0 Å². The number of ether oxygens (including phenoxy) is 1. The van der Waals surface area contributed by atoms with Crippen molar-refractivity contribution in [3.05, 3.63) is 65.7 Å². The molecule has 18 heavy (non-hydrogen) atoms. The molecule has 2 rings (SSSR count). The average Bonchev–Trinajstić information content (AvgIpc) is 2.28. The van der Waals surface area contributed by atoms with Gasteiger partial charge in [-0.3, -0.25) is 4.39 Å². The SMILES string of the molecule is Fc1cccc(COc2cc[c-]cc2F)c1.[Br-].[Mg+2]. The molecule has 5 heteroatoms. The van der Waals surface area contributed by atoms with Crippen LogP contribution in [0.2, 0.25) is 0 Å². The standard InChI is InChI=1S/C13H9F2O.BrH.Mg/c14-11-5-3-4-10(8-11)9-16-13-7-2-1-6-12(13)15;;/h2-8H,9H2;1H;/q-1;;+2/p-1. The van der Waals surface area contributed by atoms with Crippen LogP contribution in [-0.2, 0) is 6.61 Å². The van der Waals surface area contributed by atoms with Gasteiger partial charge in [0, 0.05) is 11.6 Å². The quantitative estimate of drug-likeness (QED) is 0.569. The summed E-state index contributed by atoms with van der Waals surface area (Å²) >= 11 is 0. The monoisotopic (exact) mass is 322 g/mol. The number of hydrogen-bond acceptors (Lipinski definition) is 1. The molecule has 0 fully saturated rings. The van der Waals surface area contributed by atoms with Gasteiger partial charge in [-0.2, -0.15) is 12.1 Å². The van der Waals surface area contributed by atoms with Crippen molar-refractivity contribution in [2.45, 2.75) is 6.61 Å². The molecule has 0 unspecified atom stereocenters. The van der Waals surface area contributed by atoms with Crippen molar-refractivity contribution in [2.75, 3.05) is 0 Å². The fourth-order valence-electron chi connectivity index (χ4n) is 1.30. The van der Waals surface area contributed by atoms with Crippen molar-refractivity contribution in [2.24, 2.45) is 0 Å². The Morgan fingerprint density at radius 3 is 2.61 bits per heavy atom. The maximum Gasteiger partial charge on any atom is 2.00 e. The summed E-state index contributed by atoms with van der Waals surface area (Å²) in [5.41, 5.74) is 0.659. The Balaban J connectivity index is 0.00000144. The average molecular weight is 323 g/mol. The normalized spacial score (nSPS) is 9.00. The van der Waals surface area contributed by atoms with E-state index in [2.05, 4.69) is 6.07 Å². The minimum absolute atomic E-state index is 0. The van der Waals surface area contributed by atoms with E-state index in [0.29, 0.717) is 5.56 Å². The third-order valence-corrected chi connectivity index (χ3v) is 2.06. The summed E-state index contributed by atoms with van der Waals surface area (Å²) in [5, 5.41) is 0. The maximum atomic E-state index is 13.1.